The molecule has 1 unspecified atom stereocenters. The molecule has 0 aromatic rings. The normalized spacial score (nSPS) is 22.8. The first-order chi connectivity index (χ1) is 11.2. The second kappa shape index (κ2) is 7.75. The van der Waals surface area contributed by atoms with E-state index in [1.165, 1.54) is 0 Å². The topological polar surface area (TPSA) is 52.6 Å². The first-order valence-electron chi connectivity index (χ1n) is 9.29. The average molecular weight is 369 g/mol. The predicted octanol–water partition coefficient (Wildman–Crippen LogP) is 4.89. The fourth-order valence-electron chi connectivity index (χ4n) is 2.71. The molecule has 0 amide bonds. The van der Waals surface area contributed by atoms with Crippen LogP contribution in [0.2, 0.25) is 18.1 Å². The highest BCUT2D eigenvalue weighted by atomic mass is 28.4. The van der Waals surface area contributed by atoms with Gasteiger partial charge in [0.25, 0.3) is 0 Å². The summed E-state index contributed by atoms with van der Waals surface area (Å²) in [7, 11) is -1.89. The molecule has 0 radical (unpaired) electrons. The van der Waals surface area contributed by atoms with Crippen LogP contribution in [0.3, 0.4) is 0 Å². The van der Waals surface area contributed by atoms with Gasteiger partial charge in [-0.15, -0.1) is 0 Å². The van der Waals surface area contributed by atoms with Crippen LogP contribution in [0.5, 0.6) is 0 Å². The molecule has 0 N–H and O–H groups in total. The lowest BCUT2D eigenvalue weighted by molar-refractivity contribution is -0.163. The van der Waals surface area contributed by atoms with E-state index >= 15 is 0 Å². The van der Waals surface area contributed by atoms with Crippen LogP contribution < -0.4 is 0 Å². The van der Waals surface area contributed by atoms with E-state index in [1.54, 1.807) is 6.92 Å². The largest absolute Gasteiger partial charge is 0.459 e. The van der Waals surface area contributed by atoms with Gasteiger partial charge in [0.1, 0.15) is 17.3 Å². The minimum atomic E-state index is -1.89. The van der Waals surface area contributed by atoms with Gasteiger partial charge in [-0.25, -0.2) is 0 Å². The van der Waals surface area contributed by atoms with Crippen LogP contribution >= 0.6 is 0 Å². The number of carbonyl (C=O) groups excluding carboxylic acids is 2. The van der Waals surface area contributed by atoms with Gasteiger partial charge in [-0.05, 0) is 51.2 Å². The molecule has 0 bridgehead atoms. The summed E-state index contributed by atoms with van der Waals surface area (Å²) in [5, 5.41) is 0.128. The van der Waals surface area contributed by atoms with E-state index in [4.69, 9.17) is 9.16 Å². The van der Waals surface area contributed by atoms with Crippen molar-refractivity contribution in [2.75, 3.05) is 0 Å². The standard InChI is InChI=1S/C20H36O4Si/c1-10-16(21)17(18(22)23-19(2,3)4)14-11-12-15(13-14)24-25(8,9)20(5,6)7/h11-12,14-15,17H,10,13H2,1-9H3/t14-,15+,17?/m0/s1. The molecule has 5 heteroatoms. The van der Waals surface area contributed by atoms with Crippen molar-refractivity contribution < 1.29 is 18.8 Å². The van der Waals surface area contributed by atoms with E-state index in [1.807, 2.05) is 32.9 Å². The fourth-order valence-corrected chi connectivity index (χ4v) is 4.00. The number of ether oxygens (including phenoxy) is 1. The lowest BCUT2D eigenvalue weighted by Gasteiger charge is -2.38. The Kier molecular flexibility index (Phi) is 6.85. The van der Waals surface area contributed by atoms with Gasteiger partial charge in [0.05, 0.1) is 6.10 Å². The Morgan fingerprint density at radius 2 is 1.68 bits per heavy atom. The van der Waals surface area contributed by atoms with Crippen molar-refractivity contribution in [1.29, 1.82) is 0 Å². The number of allylic oxidation sites excluding steroid dienone is 1. The van der Waals surface area contributed by atoms with Gasteiger partial charge in [-0.2, -0.15) is 0 Å². The predicted molar refractivity (Wildman–Crippen MR) is 104 cm³/mol. The van der Waals surface area contributed by atoms with Gasteiger partial charge in [0.15, 0.2) is 8.32 Å². The fraction of sp³-hybridized carbons (Fsp3) is 0.800. The summed E-state index contributed by atoms with van der Waals surface area (Å²) in [6, 6.07) is 0. The highest BCUT2D eigenvalue weighted by molar-refractivity contribution is 6.74. The Balaban J connectivity index is 2.87. The van der Waals surface area contributed by atoms with Gasteiger partial charge < -0.3 is 9.16 Å². The van der Waals surface area contributed by atoms with Crippen LogP contribution in [0.15, 0.2) is 12.2 Å². The molecule has 1 aliphatic carbocycles. The molecule has 25 heavy (non-hydrogen) atoms. The van der Waals surface area contributed by atoms with Crippen LogP contribution in [-0.4, -0.2) is 31.8 Å². The Labute approximate surface area is 154 Å². The third-order valence-electron chi connectivity index (χ3n) is 5.11. The van der Waals surface area contributed by atoms with Gasteiger partial charge in [0, 0.05) is 6.42 Å². The Hall–Kier alpha value is -0.943. The number of esters is 1. The maximum absolute atomic E-state index is 12.6. The second-order valence-electron chi connectivity index (χ2n) is 9.53. The molecule has 0 heterocycles. The zero-order valence-electron chi connectivity index (χ0n) is 17.4. The van der Waals surface area contributed by atoms with E-state index in [0.29, 0.717) is 12.8 Å². The van der Waals surface area contributed by atoms with Crippen LogP contribution in [-0.2, 0) is 18.8 Å². The smallest absolute Gasteiger partial charge is 0.317 e. The van der Waals surface area contributed by atoms with Crippen LogP contribution in [0, 0.1) is 11.8 Å². The van der Waals surface area contributed by atoms with Crippen molar-refractivity contribution in [3.05, 3.63) is 12.2 Å². The third-order valence-corrected chi connectivity index (χ3v) is 9.62. The maximum Gasteiger partial charge on any atom is 0.317 e. The van der Waals surface area contributed by atoms with Crippen molar-refractivity contribution in [3.8, 4) is 0 Å². The first kappa shape index (κ1) is 22.1. The summed E-state index contributed by atoms with van der Waals surface area (Å²) in [5.41, 5.74) is -0.595. The van der Waals surface area contributed by atoms with E-state index in [-0.39, 0.29) is 22.8 Å². The summed E-state index contributed by atoms with van der Waals surface area (Å²) >= 11 is 0. The number of Topliss-reactive ketones (excluding diaryl/α,β-unsaturated/α-hetero) is 1. The summed E-state index contributed by atoms with van der Waals surface area (Å²) in [6.07, 6.45) is 4.97. The van der Waals surface area contributed by atoms with Crippen molar-refractivity contribution in [1.82, 2.24) is 0 Å². The molecule has 0 aromatic heterocycles. The Morgan fingerprint density at radius 1 is 1.12 bits per heavy atom. The summed E-state index contributed by atoms with van der Waals surface area (Å²) < 4.78 is 11.9. The monoisotopic (exact) mass is 368 g/mol. The molecule has 0 aliphatic heterocycles. The molecule has 144 valence electrons. The molecule has 0 fully saturated rings. The Morgan fingerprint density at radius 3 is 2.12 bits per heavy atom. The second-order valence-corrected chi connectivity index (χ2v) is 14.3. The number of ketones is 1. The van der Waals surface area contributed by atoms with E-state index < -0.39 is 25.8 Å². The Bertz CT molecular complexity index is 523. The molecular formula is C20H36O4Si. The van der Waals surface area contributed by atoms with E-state index in [9.17, 15) is 9.59 Å². The minimum Gasteiger partial charge on any atom is -0.459 e. The number of rotatable bonds is 6. The van der Waals surface area contributed by atoms with Crippen molar-refractivity contribution in [2.45, 2.75) is 91.1 Å². The molecule has 1 rings (SSSR count). The molecule has 0 saturated heterocycles. The maximum atomic E-state index is 12.6. The van der Waals surface area contributed by atoms with Crippen molar-refractivity contribution in [3.63, 3.8) is 0 Å². The van der Waals surface area contributed by atoms with Crippen LogP contribution in [0.25, 0.3) is 0 Å². The SMILES string of the molecule is CCC(=O)C(C(=O)OC(C)(C)C)[C@H]1C=C[C@@H](O[Si](C)(C)C(C)(C)C)C1. The molecule has 0 spiro atoms. The zero-order valence-corrected chi connectivity index (χ0v) is 18.4. The summed E-state index contributed by atoms with van der Waals surface area (Å²) in [6.45, 7) is 18.3. The molecule has 1 aliphatic rings. The van der Waals surface area contributed by atoms with Gasteiger partial charge in [-0.1, -0.05) is 39.8 Å². The number of hydrogen-bond acceptors (Lipinski definition) is 4. The molecule has 4 nitrogen and oxygen atoms in total. The van der Waals surface area contributed by atoms with Crippen molar-refractivity contribution >= 4 is 20.1 Å². The zero-order chi connectivity index (χ0) is 19.6. The summed E-state index contributed by atoms with van der Waals surface area (Å²) in [5.74, 6) is -1.34. The highest BCUT2D eigenvalue weighted by Gasteiger charge is 2.43. The third kappa shape index (κ3) is 6.06. The average Bonchev–Trinajstić information content (AvgIpc) is 2.82. The quantitative estimate of drug-likeness (QED) is 0.290. The van der Waals surface area contributed by atoms with Crippen LogP contribution in [0.4, 0.5) is 0 Å². The van der Waals surface area contributed by atoms with Gasteiger partial charge in [-0.3, -0.25) is 9.59 Å². The molecule has 0 aromatic carbocycles. The van der Waals surface area contributed by atoms with Gasteiger partial charge in [0.2, 0.25) is 0 Å². The van der Waals surface area contributed by atoms with E-state index in [0.717, 1.165) is 0 Å². The minimum absolute atomic E-state index is 0.0273. The lowest BCUT2D eigenvalue weighted by Crippen LogP contribution is -2.43. The van der Waals surface area contributed by atoms with Gasteiger partial charge >= 0.3 is 5.97 Å². The van der Waals surface area contributed by atoms with Crippen molar-refractivity contribution in [2.24, 2.45) is 11.8 Å². The van der Waals surface area contributed by atoms with E-state index in [2.05, 4.69) is 33.9 Å². The molecular weight excluding hydrogens is 332 g/mol. The summed E-state index contributed by atoms with van der Waals surface area (Å²) in [4.78, 5) is 25.0. The first-order valence-corrected chi connectivity index (χ1v) is 12.2. The molecule has 3 atom stereocenters. The van der Waals surface area contributed by atoms with Crippen LogP contribution in [0.1, 0.15) is 61.3 Å². The highest BCUT2D eigenvalue weighted by Crippen LogP contribution is 2.40. The lowest BCUT2D eigenvalue weighted by atomic mass is 9.86. The number of carbonyl (C=O) groups is 2. The number of hydrogen-bond donors (Lipinski definition) is 0. The molecule has 0 saturated carbocycles.